The molecule has 3 N–H and O–H groups in total. The number of hydrogen-bond acceptors (Lipinski definition) is 7. The molecule has 1 amide bonds. The van der Waals surface area contributed by atoms with Crippen molar-refractivity contribution in [2.75, 3.05) is 36.2 Å². The van der Waals surface area contributed by atoms with Gasteiger partial charge in [-0.05, 0) is 25.5 Å². The van der Waals surface area contributed by atoms with Gasteiger partial charge in [-0.3, -0.25) is 4.79 Å². The first kappa shape index (κ1) is 19.7. The number of fused-ring (bicyclic) bond motifs is 2. The zero-order valence-corrected chi connectivity index (χ0v) is 16.7. The minimum Gasteiger partial charge on any atom is -0.486 e. The molecular formula is C20H23FN6O3. The van der Waals surface area contributed by atoms with Crippen molar-refractivity contribution in [1.29, 1.82) is 0 Å². The number of rotatable bonds is 7. The van der Waals surface area contributed by atoms with E-state index in [0.29, 0.717) is 53.4 Å². The van der Waals surface area contributed by atoms with Crippen LogP contribution in [0.1, 0.15) is 19.8 Å². The SMILES string of the molecule is CNc1cc(Nc2cccc3c2OCCO3)nc2c(NC(=O)CCC(C)F)cnn12. The molecule has 1 aliphatic rings. The highest BCUT2D eigenvalue weighted by molar-refractivity contribution is 5.94. The van der Waals surface area contributed by atoms with Gasteiger partial charge in [0.1, 0.15) is 30.5 Å². The van der Waals surface area contributed by atoms with Gasteiger partial charge in [0.15, 0.2) is 17.1 Å². The highest BCUT2D eigenvalue weighted by atomic mass is 19.1. The fourth-order valence-corrected chi connectivity index (χ4v) is 3.15. The van der Waals surface area contributed by atoms with Gasteiger partial charge in [-0.15, -0.1) is 0 Å². The van der Waals surface area contributed by atoms with E-state index in [0.717, 1.165) is 0 Å². The lowest BCUT2D eigenvalue weighted by atomic mass is 10.2. The molecule has 3 aromatic rings. The first-order valence-corrected chi connectivity index (χ1v) is 9.71. The molecule has 1 aromatic carbocycles. The Kier molecular flexibility index (Phi) is 5.55. The third-order valence-corrected chi connectivity index (χ3v) is 4.60. The highest BCUT2D eigenvalue weighted by Crippen LogP contribution is 2.38. The standard InChI is InChI=1S/C20H23FN6O3/c1-12(21)6-7-18(28)25-14-11-23-27-17(22-2)10-16(26-20(14)27)24-13-4-3-5-15-19(13)30-9-8-29-15/h3-5,10-12,22H,6-9H2,1-2H3,(H,24,26)(H,25,28). The average molecular weight is 414 g/mol. The van der Waals surface area contributed by atoms with Crippen LogP contribution in [0.3, 0.4) is 0 Å². The van der Waals surface area contributed by atoms with Gasteiger partial charge >= 0.3 is 0 Å². The number of aromatic nitrogens is 3. The molecule has 0 radical (unpaired) electrons. The van der Waals surface area contributed by atoms with Crippen molar-refractivity contribution in [3.8, 4) is 11.5 Å². The van der Waals surface area contributed by atoms with Crippen LogP contribution < -0.4 is 25.4 Å². The maximum atomic E-state index is 13.0. The number of nitrogens with one attached hydrogen (secondary N) is 3. The summed E-state index contributed by atoms with van der Waals surface area (Å²) in [5.74, 6) is 2.20. The number of ether oxygens (including phenoxy) is 2. The Balaban J connectivity index is 1.64. The lowest BCUT2D eigenvalue weighted by Gasteiger charge is -2.21. The van der Waals surface area contributed by atoms with Gasteiger partial charge in [0, 0.05) is 19.5 Å². The van der Waals surface area contributed by atoms with Crippen molar-refractivity contribution in [1.82, 2.24) is 14.6 Å². The summed E-state index contributed by atoms with van der Waals surface area (Å²) < 4.78 is 26.0. The molecule has 0 bridgehead atoms. The van der Waals surface area contributed by atoms with E-state index in [1.54, 1.807) is 17.6 Å². The van der Waals surface area contributed by atoms with Crippen LogP contribution in [-0.2, 0) is 4.79 Å². The van der Waals surface area contributed by atoms with Crippen LogP contribution in [0, 0.1) is 0 Å². The zero-order chi connectivity index (χ0) is 21.1. The monoisotopic (exact) mass is 414 g/mol. The molecular weight excluding hydrogens is 391 g/mol. The molecule has 30 heavy (non-hydrogen) atoms. The van der Waals surface area contributed by atoms with Crippen molar-refractivity contribution in [2.24, 2.45) is 0 Å². The predicted octanol–water partition coefficient (Wildman–Crippen LogP) is 3.36. The van der Waals surface area contributed by atoms with E-state index in [-0.39, 0.29) is 18.7 Å². The number of nitrogens with zero attached hydrogens (tertiary/aromatic N) is 3. The van der Waals surface area contributed by atoms with E-state index >= 15 is 0 Å². The molecule has 4 rings (SSSR count). The lowest BCUT2D eigenvalue weighted by Crippen LogP contribution is -2.16. The minimum atomic E-state index is -1.03. The summed E-state index contributed by atoms with van der Waals surface area (Å²) in [6, 6.07) is 7.37. The molecule has 0 saturated carbocycles. The summed E-state index contributed by atoms with van der Waals surface area (Å²) in [4.78, 5) is 16.7. The second kappa shape index (κ2) is 8.44. The van der Waals surface area contributed by atoms with E-state index in [4.69, 9.17) is 9.47 Å². The number of hydrogen-bond donors (Lipinski definition) is 3. The van der Waals surface area contributed by atoms with Crippen LogP contribution in [0.5, 0.6) is 11.5 Å². The third-order valence-electron chi connectivity index (χ3n) is 4.60. The molecule has 1 atom stereocenters. The molecule has 9 nitrogen and oxygen atoms in total. The molecule has 1 aliphatic heterocycles. The first-order chi connectivity index (χ1) is 14.5. The predicted molar refractivity (Wildman–Crippen MR) is 112 cm³/mol. The van der Waals surface area contributed by atoms with Gasteiger partial charge < -0.3 is 25.4 Å². The molecule has 10 heteroatoms. The van der Waals surface area contributed by atoms with Crippen LogP contribution >= 0.6 is 0 Å². The Hall–Kier alpha value is -3.56. The van der Waals surface area contributed by atoms with Gasteiger partial charge in [0.2, 0.25) is 5.91 Å². The maximum absolute atomic E-state index is 13.0. The molecule has 3 heterocycles. The Bertz CT molecular complexity index is 1070. The van der Waals surface area contributed by atoms with Crippen LogP contribution in [0.4, 0.5) is 27.4 Å². The first-order valence-electron chi connectivity index (χ1n) is 9.71. The largest absolute Gasteiger partial charge is 0.486 e. The number of carbonyl (C=O) groups is 1. The normalized spacial score (nSPS) is 13.7. The van der Waals surface area contributed by atoms with E-state index in [2.05, 4.69) is 26.0 Å². The van der Waals surface area contributed by atoms with Crippen LogP contribution in [0.25, 0.3) is 5.65 Å². The number of alkyl halides is 1. The molecule has 0 aliphatic carbocycles. The minimum absolute atomic E-state index is 0.0827. The summed E-state index contributed by atoms with van der Waals surface area (Å²) >= 11 is 0. The van der Waals surface area contributed by atoms with Gasteiger partial charge in [0.25, 0.3) is 0 Å². The number of halogens is 1. The van der Waals surface area contributed by atoms with Gasteiger partial charge in [-0.1, -0.05) is 6.07 Å². The number of carbonyl (C=O) groups excluding carboxylic acids is 1. The second-order valence-electron chi connectivity index (χ2n) is 6.89. The number of anilines is 4. The van der Waals surface area contributed by atoms with Crippen molar-refractivity contribution < 1.29 is 18.7 Å². The van der Waals surface area contributed by atoms with Crippen LogP contribution in [-0.4, -0.2) is 46.9 Å². The van der Waals surface area contributed by atoms with Crippen molar-refractivity contribution >= 4 is 34.6 Å². The summed E-state index contributed by atoms with van der Waals surface area (Å²) in [5, 5.41) is 13.4. The molecule has 2 aromatic heterocycles. The fraction of sp³-hybridized carbons (Fsp3) is 0.350. The van der Waals surface area contributed by atoms with E-state index in [1.165, 1.54) is 13.1 Å². The van der Waals surface area contributed by atoms with E-state index in [1.807, 2.05) is 18.2 Å². The summed E-state index contributed by atoms with van der Waals surface area (Å²) in [6.45, 7) is 2.40. The third kappa shape index (κ3) is 4.07. The number of amides is 1. The number of benzene rings is 1. The topological polar surface area (TPSA) is 102 Å². The smallest absolute Gasteiger partial charge is 0.224 e. The van der Waals surface area contributed by atoms with Gasteiger partial charge in [0.05, 0.1) is 18.1 Å². The second-order valence-corrected chi connectivity index (χ2v) is 6.89. The highest BCUT2D eigenvalue weighted by Gasteiger charge is 2.18. The van der Waals surface area contributed by atoms with Gasteiger partial charge in [-0.2, -0.15) is 9.61 Å². The van der Waals surface area contributed by atoms with Crippen molar-refractivity contribution in [2.45, 2.75) is 25.9 Å². The molecule has 0 spiro atoms. The molecule has 158 valence electrons. The zero-order valence-electron chi connectivity index (χ0n) is 16.7. The lowest BCUT2D eigenvalue weighted by molar-refractivity contribution is -0.116. The average Bonchev–Trinajstić information content (AvgIpc) is 3.14. The summed E-state index contributed by atoms with van der Waals surface area (Å²) in [7, 11) is 1.77. The Morgan fingerprint density at radius 1 is 1.30 bits per heavy atom. The Labute approximate surface area is 172 Å². The van der Waals surface area contributed by atoms with Gasteiger partial charge in [-0.25, -0.2) is 9.37 Å². The van der Waals surface area contributed by atoms with E-state index in [9.17, 15) is 9.18 Å². The number of para-hydroxylation sites is 1. The molecule has 1 unspecified atom stereocenters. The molecule has 0 fully saturated rings. The van der Waals surface area contributed by atoms with Crippen molar-refractivity contribution in [3.63, 3.8) is 0 Å². The summed E-state index contributed by atoms with van der Waals surface area (Å²) in [5.41, 5.74) is 1.61. The molecule has 0 saturated heterocycles. The van der Waals surface area contributed by atoms with Crippen molar-refractivity contribution in [3.05, 3.63) is 30.5 Å². The van der Waals surface area contributed by atoms with Crippen LogP contribution in [0.2, 0.25) is 0 Å². The van der Waals surface area contributed by atoms with Crippen LogP contribution in [0.15, 0.2) is 30.5 Å². The Morgan fingerprint density at radius 2 is 2.13 bits per heavy atom. The van der Waals surface area contributed by atoms with E-state index < -0.39 is 6.17 Å². The Morgan fingerprint density at radius 3 is 2.93 bits per heavy atom. The summed E-state index contributed by atoms with van der Waals surface area (Å²) in [6.07, 6.45) is 0.728. The maximum Gasteiger partial charge on any atom is 0.224 e. The fourth-order valence-electron chi connectivity index (χ4n) is 3.15. The quantitative estimate of drug-likeness (QED) is 0.545.